The smallest absolute Gasteiger partial charge is 0.245 e. The highest BCUT2D eigenvalue weighted by molar-refractivity contribution is 7.89. The van der Waals surface area contributed by atoms with Crippen LogP contribution in [-0.4, -0.2) is 38.2 Å². The SMILES string of the molecule is N=C(N)c1ccc2c(c1)CCN2CC(=O)Nc1ncccc1-c1ccc(S(N)(=O)=O)cc1. The highest BCUT2D eigenvalue weighted by Crippen LogP contribution is 2.30. The number of benzene rings is 2. The Morgan fingerprint density at radius 1 is 1.16 bits per heavy atom. The highest BCUT2D eigenvalue weighted by Gasteiger charge is 2.22. The molecule has 2 heterocycles. The monoisotopic (exact) mass is 450 g/mol. The van der Waals surface area contributed by atoms with Gasteiger partial charge in [-0.15, -0.1) is 0 Å². The molecule has 4 rings (SSSR count). The van der Waals surface area contributed by atoms with Crippen molar-refractivity contribution in [3.63, 3.8) is 0 Å². The molecular weight excluding hydrogens is 428 g/mol. The second-order valence-corrected chi connectivity index (χ2v) is 9.01. The number of carbonyl (C=O) groups is 1. The maximum Gasteiger partial charge on any atom is 0.245 e. The van der Waals surface area contributed by atoms with Gasteiger partial charge in [0.15, 0.2) is 0 Å². The number of hydrogen-bond donors (Lipinski definition) is 4. The first-order valence-electron chi connectivity index (χ1n) is 9.83. The third-order valence-electron chi connectivity index (χ3n) is 5.28. The molecule has 0 aliphatic carbocycles. The quantitative estimate of drug-likeness (QED) is 0.331. The summed E-state index contributed by atoms with van der Waals surface area (Å²) in [7, 11) is -3.79. The Bertz CT molecular complexity index is 1310. The largest absolute Gasteiger partial charge is 0.384 e. The van der Waals surface area contributed by atoms with Crippen molar-refractivity contribution in [2.75, 3.05) is 23.3 Å². The van der Waals surface area contributed by atoms with Crippen LogP contribution < -0.4 is 21.1 Å². The van der Waals surface area contributed by atoms with E-state index in [9.17, 15) is 13.2 Å². The van der Waals surface area contributed by atoms with Gasteiger partial charge >= 0.3 is 0 Å². The summed E-state index contributed by atoms with van der Waals surface area (Å²) in [5.74, 6) is 0.172. The fraction of sp³-hybridized carbons (Fsp3) is 0.136. The molecule has 10 heteroatoms. The van der Waals surface area contributed by atoms with Crippen molar-refractivity contribution in [2.24, 2.45) is 10.9 Å². The van der Waals surface area contributed by atoms with Crippen molar-refractivity contribution in [3.05, 3.63) is 71.9 Å². The zero-order valence-electron chi connectivity index (χ0n) is 17.1. The van der Waals surface area contributed by atoms with E-state index in [0.717, 1.165) is 17.7 Å². The minimum absolute atomic E-state index is 0.0105. The van der Waals surface area contributed by atoms with Gasteiger partial charge in [-0.2, -0.15) is 0 Å². The van der Waals surface area contributed by atoms with Gasteiger partial charge in [0.05, 0.1) is 11.4 Å². The predicted octanol–water partition coefficient (Wildman–Crippen LogP) is 1.68. The van der Waals surface area contributed by atoms with E-state index < -0.39 is 10.0 Å². The number of nitrogens with zero attached hydrogens (tertiary/aromatic N) is 2. The molecule has 2 aromatic carbocycles. The number of carbonyl (C=O) groups excluding carboxylic acids is 1. The number of anilines is 2. The van der Waals surface area contributed by atoms with E-state index in [4.69, 9.17) is 16.3 Å². The summed E-state index contributed by atoms with van der Waals surface area (Å²) in [6.45, 7) is 0.834. The van der Waals surface area contributed by atoms with Gasteiger partial charge in [-0.3, -0.25) is 10.2 Å². The molecule has 164 valence electrons. The first-order valence-corrected chi connectivity index (χ1v) is 11.4. The van der Waals surface area contributed by atoms with E-state index in [1.165, 1.54) is 12.1 Å². The van der Waals surface area contributed by atoms with E-state index in [-0.39, 0.29) is 23.2 Å². The van der Waals surface area contributed by atoms with Crippen LogP contribution in [0.15, 0.2) is 65.7 Å². The molecule has 9 nitrogen and oxygen atoms in total. The van der Waals surface area contributed by atoms with Crippen LogP contribution in [0.25, 0.3) is 11.1 Å². The number of fused-ring (bicyclic) bond motifs is 1. The topological polar surface area (TPSA) is 155 Å². The first kappa shape index (κ1) is 21.5. The van der Waals surface area contributed by atoms with E-state index in [0.29, 0.717) is 29.1 Å². The van der Waals surface area contributed by atoms with Gasteiger partial charge in [-0.05, 0) is 60.0 Å². The number of sulfonamides is 1. The molecule has 0 saturated carbocycles. The number of nitrogens with two attached hydrogens (primary N) is 2. The molecular formula is C22H22N6O3S. The fourth-order valence-corrected chi connectivity index (χ4v) is 4.22. The predicted molar refractivity (Wildman–Crippen MR) is 123 cm³/mol. The molecule has 1 aliphatic heterocycles. The standard InChI is InChI=1S/C22H22N6O3S/c23-21(24)16-5-8-19-15(12-16)9-11-28(19)13-20(29)27-22-18(2-1-10-26-22)14-3-6-17(7-4-14)32(25,30)31/h1-8,10,12H,9,11,13H2,(H3,23,24)(H2,25,30,31)(H,26,27,29). The van der Waals surface area contributed by atoms with E-state index in [1.807, 2.05) is 17.0 Å². The number of hydrogen-bond acceptors (Lipinski definition) is 6. The summed E-state index contributed by atoms with van der Waals surface area (Å²) in [6, 6.07) is 15.2. The van der Waals surface area contributed by atoms with E-state index in [2.05, 4.69) is 10.3 Å². The van der Waals surface area contributed by atoms with Gasteiger partial charge in [-0.1, -0.05) is 12.1 Å². The molecule has 1 aliphatic rings. The Morgan fingerprint density at radius 2 is 1.91 bits per heavy atom. The molecule has 0 saturated heterocycles. The van der Waals surface area contributed by atoms with Gasteiger partial charge in [0.1, 0.15) is 11.7 Å². The molecule has 6 N–H and O–H groups in total. The molecule has 32 heavy (non-hydrogen) atoms. The molecule has 0 fully saturated rings. The van der Waals surface area contributed by atoms with Gasteiger partial charge in [0.25, 0.3) is 0 Å². The van der Waals surface area contributed by atoms with E-state index in [1.54, 1.807) is 36.5 Å². The second kappa shape index (κ2) is 8.40. The van der Waals surface area contributed by atoms with E-state index >= 15 is 0 Å². The van der Waals surface area contributed by atoms with Crippen molar-refractivity contribution >= 4 is 33.3 Å². The zero-order chi connectivity index (χ0) is 22.9. The highest BCUT2D eigenvalue weighted by atomic mass is 32.2. The van der Waals surface area contributed by atoms with Crippen LogP contribution in [0.1, 0.15) is 11.1 Å². The van der Waals surface area contributed by atoms with Crippen LogP contribution in [-0.2, 0) is 21.2 Å². The minimum Gasteiger partial charge on any atom is -0.384 e. The zero-order valence-corrected chi connectivity index (χ0v) is 17.9. The lowest BCUT2D eigenvalue weighted by Crippen LogP contribution is -2.32. The molecule has 0 bridgehead atoms. The lowest BCUT2D eigenvalue weighted by molar-refractivity contribution is -0.115. The number of pyridine rings is 1. The van der Waals surface area contributed by atoms with Crippen LogP contribution >= 0.6 is 0 Å². The molecule has 0 atom stereocenters. The number of nitrogen functional groups attached to an aromatic ring is 1. The maximum absolute atomic E-state index is 12.8. The normalized spacial score (nSPS) is 13.0. The molecule has 0 radical (unpaired) electrons. The van der Waals surface area contributed by atoms with Crippen molar-refractivity contribution in [1.82, 2.24) is 4.98 Å². The number of amides is 1. The van der Waals surface area contributed by atoms with Gasteiger partial charge in [-0.25, -0.2) is 18.5 Å². The Hall–Kier alpha value is -3.76. The Kier molecular flexibility index (Phi) is 5.64. The molecule has 3 aromatic rings. The number of rotatable bonds is 6. The molecule has 1 amide bonds. The first-order chi connectivity index (χ1) is 15.2. The number of amidine groups is 1. The van der Waals surface area contributed by atoms with Gasteiger partial charge in [0.2, 0.25) is 15.9 Å². The molecule has 0 spiro atoms. The number of aromatic nitrogens is 1. The third-order valence-corrected chi connectivity index (χ3v) is 6.21. The number of nitrogens with one attached hydrogen (secondary N) is 2. The van der Waals surface area contributed by atoms with Crippen LogP contribution in [0.5, 0.6) is 0 Å². The third kappa shape index (κ3) is 4.46. The number of primary sulfonamides is 1. The van der Waals surface area contributed by atoms with Gasteiger partial charge in [0, 0.05) is 29.6 Å². The average Bonchev–Trinajstić information content (AvgIpc) is 3.15. The molecule has 1 aromatic heterocycles. The lowest BCUT2D eigenvalue weighted by atomic mass is 10.1. The second-order valence-electron chi connectivity index (χ2n) is 7.45. The summed E-state index contributed by atoms with van der Waals surface area (Å²) in [6.07, 6.45) is 2.35. The van der Waals surface area contributed by atoms with Crippen molar-refractivity contribution < 1.29 is 13.2 Å². The van der Waals surface area contributed by atoms with Crippen molar-refractivity contribution in [3.8, 4) is 11.1 Å². The average molecular weight is 451 g/mol. The van der Waals surface area contributed by atoms with Gasteiger partial charge < -0.3 is 16.0 Å². The summed E-state index contributed by atoms with van der Waals surface area (Å²) in [4.78, 5) is 19.0. The van der Waals surface area contributed by atoms with Crippen molar-refractivity contribution in [1.29, 1.82) is 5.41 Å². The minimum atomic E-state index is -3.79. The Labute approximate surface area is 185 Å². The van der Waals surface area contributed by atoms with Crippen molar-refractivity contribution in [2.45, 2.75) is 11.3 Å². The summed E-state index contributed by atoms with van der Waals surface area (Å²) >= 11 is 0. The fourth-order valence-electron chi connectivity index (χ4n) is 3.71. The van der Waals surface area contributed by atoms with Crippen LogP contribution in [0.2, 0.25) is 0 Å². The molecule has 0 unspecified atom stereocenters. The van der Waals surface area contributed by atoms with Crippen LogP contribution in [0.4, 0.5) is 11.5 Å². The Morgan fingerprint density at radius 3 is 2.59 bits per heavy atom. The summed E-state index contributed by atoms with van der Waals surface area (Å²) in [5, 5.41) is 15.6. The van der Waals surface area contributed by atoms with Crippen LogP contribution in [0.3, 0.4) is 0 Å². The van der Waals surface area contributed by atoms with Crippen LogP contribution in [0, 0.1) is 5.41 Å². The Balaban J connectivity index is 1.51. The summed E-state index contributed by atoms with van der Waals surface area (Å²) < 4.78 is 23.0. The summed E-state index contributed by atoms with van der Waals surface area (Å²) in [5.41, 5.74) is 9.60. The maximum atomic E-state index is 12.8. The lowest BCUT2D eigenvalue weighted by Gasteiger charge is -2.19.